The Balaban J connectivity index is 2.18. The van der Waals surface area contributed by atoms with Crippen molar-refractivity contribution in [1.29, 1.82) is 0 Å². The van der Waals surface area contributed by atoms with Gasteiger partial charge in [0.15, 0.2) is 0 Å². The summed E-state index contributed by atoms with van der Waals surface area (Å²) in [5.41, 5.74) is 1.87. The van der Waals surface area contributed by atoms with Crippen LogP contribution in [0.15, 0.2) is 24.3 Å². The summed E-state index contributed by atoms with van der Waals surface area (Å²) in [4.78, 5) is 11.5. The molecule has 1 amide bonds. The van der Waals surface area contributed by atoms with Gasteiger partial charge in [0.2, 0.25) is 0 Å². The molecule has 0 unspecified atom stereocenters. The number of aryl methyl sites for hydroxylation is 1. The number of hydrogen-bond acceptors (Lipinski definition) is 3. The van der Waals surface area contributed by atoms with Gasteiger partial charge in [0, 0.05) is 11.7 Å². The van der Waals surface area contributed by atoms with Crippen LogP contribution in [0, 0.1) is 6.92 Å². The largest absolute Gasteiger partial charge is 0.449 e. The molecule has 0 saturated heterocycles. The van der Waals surface area contributed by atoms with E-state index in [0.29, 0.717) is 12.6 Å². The Bertz CT molecular complexity index is 378. The van der Waals surface area contributed by atoms with Crippen molar-refractivity contribution in [2.75, 3.05) is 18.5 Å². The summed E-state index contributed by atoms with van der Waals surface area (Å²) in [5, 5.41) is 5.97. The van der Waals surface area contributed by atoms with Gasteiger partial charge in [-0.2, -0.15) is 0 Å². The van der Waals surface area contributed by atoms with Crippen LogP contribution >= 0.6 is 0 Å². The molecule has 1 aromatic rings. The van der Waals surface area contributed by atoms with E-state index in [9.17, 15) is 4.79 Å². The maximum absolute atomic E-state index is 11.5. The molecule has 4 heteroatoms. The highest BCUT2D eigenvalue weighted by molar-refractivity contribution is 5.84. The predicted molar refractivity (Wildman–Crippen MR) is 73.9 cm³/mol. The van der Waals surface area contributed by atoms with Crippen LogP contribution in [0.25, 0.3) is 0 Å². The normalized spacial score (nSPS) is 10.4. The van der Waals surface area contributed by atoms with Crippen molar-refractivity contribution in [3.63, 3.8) is 0 Å². The summed E-state index contributed by atoms with van der Waals surface area (Å²) >= 11 is 0. The Morgan fingerprint density at radius 3 is 2.83 bits per heavy atom. The Morgan fingerprint density at radius 2 is 2.17 bits per heavy atom. The molecule has 1 aromatic carbocycles. The zero-order chi connectivity index (χ0) is 13.4. The summed E-state index contributed by atoms with van der Waals surface area (Å²) in [7, 11) is 0. The zero-order valence-electron chi connectivity index (χ0n) is 11.3. The van der Waals surface area contributed by atoms with Crippen molar-refractivity contribution in [3.8, 4) is 0 Å². The number of rotatable bonds is 6. The van der Waals surface area contributed by atoms with Crippen LogP contribution in [-0.4, -0.2) is 25.3 Å². The number of hydrogen-bond donors (Lipinski definition) is 2. The number of ether oxygens (including phenoxy) is 1. The molecule has 0 bridgehead atoms. The Morgan fingerprint density at radius 1 is 1.39 bits per heavy atom. The fraction of sp³-hybridized carbons (Fsp3) is 0.500. The summed E-state index contributed by atoms with van der Waals surface area (Å²) in [6.07, 6.45) is 0.421. The molecule has 0 aliphatic rings. The van der Waals surface area contributed by atoms with Gasteiger partial charge in [-0.3, -0.25) is 5.32 Å². The molecule has 0 spiro atoms. The van der Waals surface area contributed by atoms with Crippen LogP contribution < -0.4 is 10.6 Å². The minimum absolute atomic E-state index is 0.398. The summed E-state index contributed by atoms with van der Waals surface area (Å²) in [5.74, 6) is 0. The van der Waals surface area contributed by atoms with Crippen LogP contribution in [0.2, 0.25) is 0 Å². The summed E-state index contributed by atoms with van der Waals surface area (Å²) in [6, 6.07) is 8.09. The van der Waals surface area contributed by atoms with Crippen molar-refractivity contribution in [2.45, 2.75) is 33.2 Å². The van der Waals surface area contributed by atoms with E-state index in [0.717, 1.165) is 24.2 Å². The van der Waals surface area contributed by atoms with Gasteiger partial charge in [-0.1, -0.05) is 26.0 Å². The predicted octanol–water partition coefficient (Wildman–Crippen LogP) is 2.93. The van der Waals surface area contributed by atoms with E-state index in [-0.39, 0.29) is 0 Å². The Kier molecular flexibility index (Phi) is 6.22. The van der Waals surface area contributed by atoms with E-state index >= 15 is 0 Å². The van der Waals surface area contributed by atoms with Crippen LogP contribution in [0.4, 0.5) is 10.5 Å². The quantitative estimate of drug-likeness (QED) is 0.763. The fourth-order valence-electron chi connectivity index (χ4n) is 1.50. The van der Waals surface area contributed by atoms with E-state index in [1.165, 1.54) is 0 Å². The Hall–Kier alpha value is -1.55. The number of nitrogens with one attached hydrogen (secondary N) is 2. The lowest BCUT2D eigenvalue weighted by Crippen LogP contribution is -2.25. The number of carbonyl (C=O) groups is 1. The van der Waals surface area contributed by atoms with Crippen LogP contribution in [0.3, 0.4) is 0 Å². The van der Waals surface area contributed by atoms with Gasteiger partial charge in [0.1, 0.15) is 0 Å². The van der Waals surface area contributed by atoms with Crippen molar-refractivity contribution in [1.82, 2.24) is 5.32 Å². The van der Waals surface area contributed by atoms with Gasteiger partial charge in [-0.25, -0.2) is 4.79 Å². The highest BCUT2D eigenvalue weighted by Gasteiger charge is 2.02. The van der Waals surface area contributed by atoms with E-state index in [2.05, 4.69) is 24.5 Å². The lowest BCUT2D eigenvalue weighted by Gasteiger charge is -2.09. The summed E-state index contributed by atoms with van der Waals surface area (Å²) < 4.78 is 5.08. The van der Waals surface area contributed by atoms with Crippen LogP contribution in [-0.2, 0) is 4.74 Å². The molecule has 0 saturated carbocycles. The third-order valence-corrected chi connectivity index (χ3v) is 2.37. The third-order valence-electron chi connectivity index (χ3n) is 2.37. The molecule has 4 nitrogen and oxygen atoms in total. The molecule has 2 N–H and O–H groups in total. The van der Waals surface area contributed by atoms with Crippen molar-refractivity contribution in [2.24, 2.45) is 0 Å². The standard InChI is InChI=1S/C14H22N2O2/c1-11(2)15-8-5-9-18-14(17)16-13-7-4-6-12(3)10-13/h4,6-7,10-11,15H,5,8-9H2,1-3H3,(H,16,17). The molecular weight excluding hydrogens is 228 g/mol. The van der Waals surface area contributed by atoms with Crippen molar-refractivity contribution >= 4 is 11.8 Å². The van der Waals surface area contributed by atoms with E-state index in [1.54, 1.807) is 0 Å². The van der Waals surface area contributed by atoms with E-state index in [1.807, 2.05) is 31.2 Å². The first kappa shape index (κ1) is 14.5. The van der Waals surface area contributed by atoms with Crippen molar-refractivity contribution < 1.29 is 9.53 Å². The van der Waals surface area contributed by atoms with E-state index in [4.69, 9.17) is 4.74 Å². The van der Waals surface area contributed by atoms with Gasteiger partial charge >= 0.3 is 6.09 Å². The zero-order valence-corrected chi connectivity index (χ0v) is 11.3. The van der Waals surface area contributed by atoms with Crippen LogP contribution in [0.1, 0.15) is 25.8 Å². The van der Waals surface area contributed by atoms with Gasteiger partial charge in [0.25, 0.3) is 0 Å². The lowest BCUT2D eigenvalue weighted by molar-refractivity contribution is 0.160. The molecule has 0 fully saturated rings. The number of carbonyl (C=O) groups excluding carboxylic acids is 1. The number of benzene rings is 1. The topological polar surface area (TPSA) is 50.4 Å². The molecule has 1 rings (SSSR count). The Labute approximate surface area is 109 Å². The molecule has 100 valence electrons. The monoisotopic (exact) mass is 250 g/mol. The highest BCUT2D eigenvalue weighted by atomic mass is 16.5. The average molecular weight is 250 g/mol. The van der Waals surface area contributed by atoms with Crippen molar-refractivity contribution in [3.05, 3.63) is 29.8 Å². The van der Waals surface area contributed by atoms with Gasteiger partial charge in [-0.05, 0) is 37.6 Å². The van der Waals surface area contributed by atoms with Gasteiger partial charge < -0.3 is 10.1 Å². The molecule has 0 atom stereocenters. The smallest absolute Gasteiger partial charge is 0.411 e. The number of amides is 1. The van der Waals surface area contributed by atoms with E-state index < -0.39 is 6.09 Å². The molecule has 0 heterocycles. The molecule has 0 radical (unpaired) electrons. The van der Waals surface area contributed by atoms with Gasteiger partial charge in [0.05, 0.1) is 6.61 Å². The maximum Gasteiger partial charge on any atom is 0.411 e. The first-order valence-corrected chi connectivity index (χ1v) is 6.32. The first-order valence-electron chi connectivity index (χ1n) is 6.32. The second kappa shape index (κ2) is 7.71. The first-order chi connectivity index (χ1) is 8.58. The van der Waals surface area contributed by atoms with Gasteiger partial charge in [-0.15, -0.1) is 0 Å². The molecule has 0 aliphatic carbocycles. The summed E-state index contributed by atoms with van der Waals surface area (Å²) in [6.45, 7) is 7.44. The molecule has 18 heavy (non-hydrogen) atoms. The minimum Gasteiger partial charge on any atom is -0.449 e. The minimum atomic E-state index is -0.398. The lowest BCUT2D eigenvalue weighted by atomic mass is 10.2. The second-order valence-corrected chi connectivity index (χ2v) is 4.59. The fourth-order valence-corrected chi connectivity index (χ4v) is 1.50. The average Bonchev–Trinajstić information content (AvgIpc) is 2.28. The van der Waals surface area contributed by atoms with Crippen LogP contribution in [0.5, 0.6) is 0 Å². The second-order valence-electron chi connectivity index (χ2n) is 4.59. The SMILES string of the molecule is Cc1cccc(NC(=O)OCCCNC(C)C)c1. The third kappa shape index (κ3) is 6.25. The number of anilines is 1. The molecule has 0 aliphatic heterocycles. The maximum atomic E-state index is 11.5. The highest BCUT2D eigenvalue weighted by Crippen LogP contribution is 2.09. The molecule has 0 aromatic heterocycles. The molecular formula is C14H22N2O2.